The average Bonchev–Trinajstić information content (AvgIpc) is 2.43. The summed E-state index contributed by atoms with van der Waals surface area (Å²) >= 11 is 15.2. The summed E-state index contributed by atoms with van der Waals surface area (Å²) in [7, 11) is 0. The van der Waals surface area contributed by atoms with Gasteiger partial charge in [0.05, 0.1) is 14.5 Å². The molecule has 2 aromatic carbocycles. The van der Waals surface area contributed by atoms with Crippen LogP contribution in [0.15, 0.2) is 40.9 Å². The molecule has 0 radical (unpaired) electrons. The summed E-state index contributed by atoms with van der Waals surface area (Å²) in [5.74, 6) is 0.242. The molecule has 1 unspecified atom stereocenters. The molecular formula is C15H14BrCl2NO. The van der Waals surface area contributed by atoms with E-state index in [-0.39, 0.29) is 11.8 Å². The second-order valence-corrected chi connectivity index (χ2v) is 6.23. The first-order chi connectivity index (χ1) is 9.47. The van der Waals surface area contributed by atoms with Gasteiger partial charge in [-0.15, -0.1) is 0 Å². The molecule has 0 heterocycles. The molecule has 20 heavy (non-hydrogen) atoms. The molecule has 0 fully saturated rings. The van der Waals surface area contributed by atoms with Crippen LogP contribution in [-0.2, 0) is 6.54 Å². The summed E-state index contributed by atoms with van der Waals surface area (Å²) in [5.41, 5.74) is 2.17. The van der Waals surface area contributed by atoms with Crippen molar-refractivity contribution in [2.75, 3.05) is 0 Å². The first-order valence-corrected chi connectivity index (χ1v) is 7.68. The van der Waals surface area contributed by atoms with Gasteiger partial charge in [0.25, 0.3) is 0 Å². The van der Waals surface area contributed by atoms with E-state index in [9.17, 15) is 5.11 Å². The van der Waals surface area contributed by atoms with E-state index < -0.39 is 0 Å². The monoisotopic (exact) mass is 373 g/mol. The average molecular weight is 375 g/mol. The van der Waals surface area contributed by atoms with E-state index in [1.165, 1.54) is 0 Å². The van der Waals surface area contributed by atoms with Gasteiger partial charge in [-0.3, -0.25) is 0 Å². The summed E-state index contributed by atoms with van der Waals surface area (Å²) in [4.78, 5) is 0. The molecule has 2 nitrogen and oxygen atoms in total. The van der Waals surface area contributed by atoms with E-state index in [2.05, 4.69) is 28.2 Å². The minimum absolute atomic E-state index is 0.150. The number of halogens is 3. The lowest BCUT2D eigenvalue weighted by Gasteiger charge is -2.15. The number of hydrogen-bond acceptors (Lipinski definition) is 2. The quantitative estimate of drug-likeness (QED) is 0.759. The maximum absolute atomic E-state index is 9.46. The van der Waals surface area contributed by atoms with E-state index in [4.69, 9.17) is 23.2 Å². The first-order valence-electron chi connectivity index (χ1n) is 6.13. The molecule has 0 aliphatic carbocycles. The Morgan fingerprint density at radius 2 is 1.90 bits per heavy atom. The van der Waals surface area contributed by atoms with Gasteiger partial charge in [0, 0.05) is 12.6 Å². The van der Waals surface area contributed by atoms with E-state index >= 15 is 0 Å². The number of aromatic hydroxyl groups is 1. The Hall–Kier alpha value is -0.740. The van der Waals surface area contributed by atoms with Gasteiger partial charge in [-0.05, 0) is 58.2 Å². The first kappa shape index (κ1) is 15.6. The largest absolute Gasteiger partial charge is 0.507 e. The zero-order valence-electron chi connectivity index (χ0n) is 10.8. The van der Waals surface area contributed by atoms with Gasteiger partial charge < -0.3 is 10.4 Å². The molecule has 1 atom stereocenters. The molecule has 0 aliphatic rings. The Morgan fingerprint density at radius 1 is 1.15 bits per heavy atom. The number of phenols is 1. The summed E-state index contributed by atoms with van der Waals surface area (Å²) in [6.45, 7) is 2.76. The molecule has 2 N–H and O–H groups in total. The molecular weight excluding hydrogens is 361 g/mol. The molecule has 0 bridgehead atoms. The molecule has 0 saturated carbocycles. The van der Waals surface area contributed by atoms with Crippen LogP contribution in [0.5, 0.6) is 5.75 Å². The second-order valence-electron chi connectivity index (χ2n) is 4.56. The number of hydrogen-bond donors (Lipinski definition) is 2. The van der Waals surface area contributed by atoms with Crippen LogP contribution in [0.2, 0.25) is 10.0 Å². The van der Waals surface area contributed by atoms with Crippen LogP contribution in [0.4, 0.5) is 0 Å². The lowest BCUT2D eigenvalue weighted by atomic mass is 10.1. The zero-order valence-corrected chi connectivity index (χ0v) is 13.9. The van der Waals surface area contributed by atoms with Crippen LogP contribution in [0.25, 0.3) is 0 Å². The topological polar surface area (TPSA) is 32.3 Å². The van der Waals surface area contributed by atoms with Crippen molar-refractivity contribution in [1.29, 1.82) is 0 Å². The van der Waals surface area contributed by atoms with E-state index in [1.54, 1.807) is 12.1 Å². The number of nitrogens with one attached hydrogen (secondary N) is 1. The fourth-order valence-corrected chi connectivity index (χ4v) is 2.56. The number of rotatable bonds is 4. The third-order valence-electron chi connectivity index (χ3n) is 3.07. The molecule has 2 aromatic rings. The van der Waals surface area contributed by atoms with Crippen molar-refractivity contribution >= 4 is 39.1 Å². The normalized spacial score (nSPS) is 12.4. The Morgan fingerprint density at radius 3 is 2.55 bits per heavy atom. The standard InChI is InChI=1S/C15H14BrCl2NO/c1-9(11-3-4-13(17)14(18)7-11)19-8-10-2-5-15(20)12(16)6-10/h2-7,9,19-20H,8H2,1H3. The predicted octanol–water partition coefficient (Wildman–Crippen LogP) is 5.31. The highest BCUT2D eigenvalue weighted by molar-refractivity contribution is 9.10. The van der Waals surface area contributed by atoms with Gasteiger partial charge in [-0.25, -0.2) is 0 Å². The summed E-state index contributed by atoms with van der Waals surface area (Å²) in [6.07, 6.45) is 0. The van der Waals surface area contributed by atoms with Crippen molar-refractivity contribution in [2.45, 2.75) is 19.5 Å². The molecule has 0 aliphatic heterocycles. The zero-order chi connectivity index (χ0) is 14.7. The predicted molar refractivity (Wildman–Crippen MR) is 87.5 cm³/mol. The Labute approximate surface area is 136 Å². The van der Waals surface area contributed by atoms with Crippen LogP contribution in [-0.4, -0.2) is 5.11 Å². The summed E-state index contributed by atoms with van der Waals surface area (Å²) in [6, 6.07) is 11.2. The minimum Gasteiger partial charge on any atom is -0.507 e. The highest BCUT2D eigenvalue weighted by atomic mass is 79.9. The lowest BCUT2D eigenvalue weighted by molar-refractivity contribution is 0.471. The van der Waals surface area contributed by atoms with Gasteiger partial charge in [-0.1, -0.05) is 35.3 Å². The van der Waals surface area contributed by atoms with Gasteiger partial charge in [0.2, 0.25) is 0 Å². The van der Waals surface area contributed by atoms with Crippen molar-refractivity contribution in [3.63, 3.8) is 0 Å². The highest BCUT2D eigenvalue weighted by Crippen LogP contribution is 2.27. The van der Waals surface area contributed by atoms with Gasteiger partial charge in [0.15, 0.2) is 0 Å². The summed E-state index contributed by atoms with van der Waals surface area (Å²) < 4.78 is 0.694. The third-order valence-corrected chi connectivity index (χ3v) is 4.44. The van der Waals surface area contributed by atoms with Crippen LogP contribution >= 0.6 is 39.1 Å². The van der Waals surface area contributed by atoms with Crippen LogP contribution < -0.4 is 5.32 Å². The maximum atomic E-state index is 9.46. The van der Waals surface area contributed by atoms with Crippen LogP contribution in [0.1, 0.15) is 24.1 Å². The van der Waals surface area contributed by atoms with Crippen molar-refractivity contribution in [1.82, 2.24) is 5.32 Å². The van der Waals surface area contributed by atoms with Gasteiger partial charge in [0.1, 0.15) is 5.75 Å². The lowest BCUT2D eigenvalue weighted by Crippen LogP contribution is -2.18. The second kappa shape index (κ2) is 6.81. The molecule has 0 amide bonds. The molecule has 106 valence electrons. The fourth-order valence-electron chi connectivity index (χ4n) is 1.83. The van der Waals surface area contributed by atoms with E-state index in [0.717, 1.165) is 11.1 Å². The molecule has 0 spiro atoms. The summed E-state index contributed by atoms with van der Waals surface area (Å²) in [5, 5.41) is 14.0. The molecule has 0 saturated heterocycles. The fraction of sp³-hybridized carbons (Fsp3) is 0.200. The number of phenolic OH excluding ortho intramolecular Hbond substituents is 1. The van der Waals surface area contributed by atoms with Crippen molar-refractivity contribution in [3.05, 3.63) is 62.0 Å². The molecule has 0 aromatic heterocycles. The Kier molecular flexibility index (Phi) is 5.33. The highest BCUT2D eigenvalue weighted by Gasteiger charge is 2.08. The third kappa shape index (κ3) is 3.89. The minimum atomic E-state index is 0.150. The van der Waals surface area contributed by atoms with Crippen molar-refractivity contribution in [2.24, 2.45) is 0 Å². The maximum Gasteiger partial charge on any atom is 0.129 e. The van der Waals surface area contributed by atoms with Crippen LogP contribution in [0.3, 0.4) is 0 Å². The van der Waals surface area contributed by atoms with E-state index in [0.29, 0.717) is 21.1 Å². The van der Waals surface area contributed by atoms with Crippen LogP contribution in [0, 0.1) is 0 Å². The molecule has 5 heteroatoms. The molecule has 2 rings (SSSR count). The Bertz CT molecular complexity index is 619. The Balaban J connectivity index is 2.02. The van der Waals surface area contributed by atoms with Crippen molar-refractivity contribution in [3.8, 4) is 5.75 Å². The van der Waals surface area contributed by atoms with Crippen molar-refractivity contribution < 1.29 is 5.11 Å². The van der Waals surface area contributed by atoms with E-state index in [1.807, 2.05) is 24.3 Å². The van der Waals surface area contributed by atoms with Gasteiger partial charge in [-0.2, -0.15) is 0 Å². The van der Waals surface area contributed by atoms with Gasteiger partial charge >= 0.3 is 0 Å². The number of benzene rings is 2. The smallest absolute Gasteiger partial charge is 0.129 e. The SMILES string of the molecule is CC(NCc1ccc(O)c(Br)c1)c1ccc(Cl)c(Cl)c1.